The molecule has 1 fully saturated rings. The van der Waals surface area contributed by atoms with E-state index in [0.29, 0.717) is 36.2 Å². The Morgan fingerprint density at radius 3 is 2.26 bits per heavy atom. The van der Waals surface area contributed by atoms with Gasteiger partial charge in [-0.05, 0) is 78.3 Å². The van der Waals surface area contributed by atoms with Gasteiger partial charge in [0.2, 0.25) is 0 Å². The summed E-state index contributed by atoms with van der Waals surface area (Å²) in [5.41, 5.74) is 4.71. The van der Waals surface area contributed by atoms with Crippen LogP contribution in [-0.4, -0.2) is 33.3 Å². The highest BCUT2D eigenvalue weighted by atomic mass is 16.4. The Bertz CT molecular complexity index is 1340. The summed E-state index contributed by atoms with van der Waals surface area (Å²) in [5, 5.41) is 12.9. The summed E-state index contributed by atoms with van der Waals surface area (Å²) in [6, 6.07) is 21.1. The second-order valence-electron chi connectivity index (χ2n) is 10.5. The maximum absolute atomic E-state index is 13.3. The van der Waals surface area contributed by atoms with E-state index in [1.807, 2.05) is 66.7 Å². The lowest BCUT2D eigenvalue weighted by Crippen LogP contribution is -2.52. The van der Waals surface area contributed by atoms with Crippen molar-refractivity contribution in [2.45, 2.75) is 70.4 Å². The van der Waals surface area contributed by atoms with Crippen LogP contribution in [0.1, 0.15) is 83.7 Å². The molecule has 5 rings (SSSR count). The molecule has 2 amide bonds. The van der Waals surface area contributed by atoms with Crippen molar-refractivity contribution in [2.24, 2.45) is 0 Å². The van der Waals surface area contributed by atoms with Crippen LogP contribution in [0, 0.1) is 0 Å². The van der Waals surface area contributed by atoms with Crippen LogP contribution in [0.25, 0.3) is 11.1 Å². The molecule has 0 spiro atoms. The fourth-order valence-corrected chi connectivity index (χ4v) is 5.74. The van der Waals surface area contributed by atoms with Crippen molar-refractivity contribution >= 4 is 23.5 Å². The minimum Gasteiger partial charge on any atom is -0.479 e. The molecule has 2 aliphatic rings. The Hall–Kier alpha value is -3.93. The third-order valence-corrected chi connectivity index (χ3v) is 8.02. The molecule has 1 saturated carbocycles. The Morgan fingerprint density at radius 1 is 0.921 bits per heavy atom. The quantitative estimate of drug-likeness (QED) is 0.314. The summed E-state index contributed by atoms with van der Waals surface area (Å²) in [7, 11) is 0. The van der Waals surface area contributed by atoms with Gasteiger partial charge in [0.15, 0.2) is 0 Å². The van der Waals surface area contributed by atoms with E-state index < -0.39 is 11.5 Å². The molecule has 0 aromatic heterocycles. The van der Waals surface area contributed by atoms with Crippen molar-refractivity contribution < 1.29 is 19.5 Å². The van der Waals surface area contributed by atoms with Gasteiger partial charge in [0.25, 0.3) is 11.8 Å². The highest BCUT2D eigenvalue weighted by Crippen LogP contribution is 2.41. The monoisotopic (exact) mass is 510 g/mol. The summed E-state index contributed by atoms with van der Waals surface area (Å²) < 4.78 is 0. The molecule has 1 aliphatic carbocycles. The van der Waals surface area contributed by atoms with Gasteiger partial charge in [-0.2, -0.15) is 0 Å². The number of aliphatic carboxylic acids is 1. The van der Waals surface area contributed by atoms with Crippen LogP contribution in [0.5, 0.6) is 0 Å². The molecule has 2 N–H and O–H groups in total. The van der Waals surface area contributed by atoms with E-state index in [2.05, 4.69) is 12.2 Å². The number of carboxylic acids is 1. The predicted molar refractivity (Wildman–Crippen MR) is 148 cm³/mol. The molecule has 0 radical (unpaired) electrons. The number of hydrogen-bond acceptors (Lipinski definition) is 3. The number of carbonyl (C=O) groups is 3. The number of unbranched alkanes of at least 4 members (excludes halogenated alkanes) is 2. The summed E-state index contributed by atoms with van der Waals surface area (Å²) >= 11 is 0. The lowest BCUT2D eigenvalue weighted by atomic mass is 9.95. The lowest BCUT2D eigenvalue weighted by Gasteiger charge is -2.34. The molecule has 1 aliphatic heterocycles. The first-order chi connectivity index (χ1) is 18.4. The molecule has 6 nitrogen and oxygen atoms in total. The molecule has 38 heavy (non-hydrogen) atoms. The van der Waals surface area contributed by atoms with Gasteiger partial charge in [-0.25, -0.2) is 4.79 Å². The smallest absolute Gasteiger partial charge is 0.329 e. The van der Waals surface area contributed by atoms with Crippen molar-refractivity contribution in [2.75, 3.05) is 5.32 Å². The first-order valence-electron chi connectivity index (χ1n) is 13.6. The van der Waals surface area contributed by atoms with Crippen LogP contribution in [-0.2, 0) is 17.8 Å². The van der Waals surface area contributed by atoms with Crippen molar-refractivity contribution in [1.82, 2.24) is 4.90 Å². The van der Waals surface area contributed by atoms with E-state index in [9.17, 15) is 19.5 Å². The molecule has 0 atom stereocenters. The van der Waals surface area contributed by atoms with Crippen molar-refractivity contribution in [3.63, 3.8) is 0 Å². The number of carbonyl (C=O) groups excluding carboxylic acids is 2. The Balaban J connectivity index is 1.26. The van der Waals surface area contributed by atoms with Gasteiger partial charge < -0.3 is 15.3 Å². The molecule has 3 aromatic rings. The molecular formula is C32H34N2O4. The van der Waals surface area contributed by atoms with Crippen molar-refractivity contribution in [1.29, 1.82) is 0 Å². The molecule has 1 heterocycles. The zero-order valence-electron chi connectivity index (χ0n) is 21.8. The van der Waals surface area contributed by atoms with E-state index in [0.717, 1.165) is 42.4 Å². The second kappa shape index (κ2) is 10.8. The number of nitrogens with one attached hydrogen (secondary N) is 1. The third kappa shape index (κ3) is 4.95. The second-order valence-corrected chi connectivity index (χ2v) is 10.5. The molecule has 3 aromatic carbocycles. The van der Waals surface area contributed by atoms with Gasteiger partial charge in [-0.1, -0.05) is 69.0 Å². The van der Waals surface area contributed by atoms with Crippen LogP contribution in [0.3, 0.4) is 0 Å². The summed E-state index contributed by atoms with van der Waals surface area (Å²) in [6.07, 6.45) is 7.25. The van der Waals surface area contributed by atoms with Crippen LogP contribution in [0.4, 0.5) is 5.69 Å². The van der Waals surface area contributed by atoms with E-state index >= 15 is 0 Å². The van der Waals surface area contributed by atoms with E-state index in [1.54, 1.807) is 4.90 Å². The third-order valence-electron chi connectivity index (χ3n) is 8.02. The van der Waals surface area contributed by atoms with Gasteiger partial charge >= 0.3 is 5.97 Å². The van der Waals surface area contributed by atoms with E-state index in [1.165, 1.54) is 18.4 Å². The Morgan fingerprint density at radius 2 is 1.61 bits per heavy atom. The predicted octanol–water partition coefficient (Wildman–Crippen LogP) is 6.69. The van der Waals surface area contributed by atoms with Crippen LogP contribution in [0.15, 0.2) is 66.7 Å². The normalized spacial score (nSPS) is 15.9. The molecule has 0 unspecified atom stereocenters. The van der Waals surface area contributed by atoms with Gasteiger partial charge in [0.1, 0.15) is 5.54 Å². The minimum atomic E-state index is -1.09. The number of anilines is 1. The SMILES string of the molecule is CCCCCc1ccc(C(=O)Nc2ccc(-c3ccc4c(c3)C(=O)N(C3(C(=O)O)CCCC3)C4)cc2)cc1. The molecule has 0 bridgehead atoms. The lowest BCUT2D eigenvalue weighted by molar-refractivity contribution is -0.149. The first kappa shape index (κ1) is 25.7. The number of aryl methyl sites for hydroxylation is 1. The first-order valence-corrected chi connectivity index (χ1v) is 13.6. The van der Waals surface area contributed by atoms with Crippen LogP contribution >= 0.6 is 0 Å². The number of benzene rings is 3. The van der Waals surface area contributed by atoms with Crippen molar-refractivity contribution in [3.8, 4) is 11.1 Å². The molecule has 0 saturated heterocycles. The van der Waals surface area contributed by atoms with Gasteiger partial charge in [0.05, 0.1) is 0 Å². The largest absolute Gasteiger partial charge is 0.479 e. The fraction of sp³-hybridized carbons (Fsp3) is 0.344. The Labute approximate surface area is 223 Å². The Kier molecular flexibility index (Phi) is 7.32. The number of hydrogen-bond donors (Lipinski definition) is 2. The average molecular weight is 511 g/mol. The number of nitrogens with zero attached hydrogens (tertiary/aromatic N) is 1. The summed E-state index contributed by atoms with van der Waals surface area (Å²) in [5.74, 6) is -1.26. The molecule has 196 valence electrons. The van der Waals surface area contributed by atoms with Gasteiger partial charge in [-0.3, -0.25) is 9.59 Å². The highest BCUT2D eigenvalue weighted by Gasteiger charge is 2.51. The number of rotatable bonds is 9. The molecular weight excluding hydrogens is 476 g/mol. The maximum atomic E-state index is 13.3. The van der Waals surface area contributed by atoms with E-state index in [-0.39, 0.29) is 11.8 Å². The minimum absolute atomic E-state index is 0.152. The van der Waals surface area contributed by atoms with Gasteiger partial charge in [0, 0.05) is 23.4 Å². The standard InChI is InChI=1S/C32H34N2O4/c1-2-3-4-7-22-8-10-24(11-9-22)29(35)33-27-16-14-23(15-17-27)25-12-13-26-21-34(30(36)28(26)20-25)32(31(37)38)18-5-6-19-32/h8-17,20H,2-7,18-19,21H2,1H3,(H,33,35)(H,37,38). The topological polar surface area (TPSA) is 86.7 Å². The van der Waals surface area contributed by atoms with Gasteiger partial charge in [-0.15, -0.1) is 0 Å². The summed E-state index contributed by atoms with van der Waals surface area (Å²) in [4.78, 5) is 39.7. The van der Waals surface area contributed by atoms with Crippen LogP contribution < -0.4 is 5.32 Å². The fourth-order valence-electron chi connectivity index (χ4n) is 5.74. The number of carboxylic acid groups (broad SMARTS) is 1. The van der Waals surface area contributed by atoms with E-state index in [4.69, 9.17) is 0 Å². The van der Waals surface area contributed by atoms with Crippen molar-refractivity contribution in [3.05, 3.63) is 89.0 Å². The summed E-state index contributed by atoms with van der Waals surface area (Å²) in [6.45, 7) is 2.53. The zero-order chi connectivity index (χ0) is 26.7. The number of fused-ring (bicyclic) bond motifs is 1. The highest BCUT2D eigenvalue weighted by molar-refractivity contribution is 6.04. The average Bonchev–Trinajstić information content (AvgIpc) is 3.55. The maximum Gasteiger partial charge on any atom is 0.329 e. The zero-order valence-corrected chi connectivity index (χ0v) is 21.8. The van der Waals surface area contributed by atoms with Crippen LogP contribution in [0.2, 0.25) is 0 Å². The molecule has 6 heteroatoms. The number of amides is 2.